The Hall–Kier alpha value is -1.20. The molecule has 1 saturated heterocycles. The molecule has 0 saturated carbocycles. The molecule has 0 unspecified atom stereocenters. The first-order valence-corrected chi connectivity index (χ1v) is 6.24. The first-order valence-electron chi connectivity index (χ1n) is 6.24. The van der Waals surface area contributed by atoms with E-state index < -0.39 is 0 Å². The Bertz CT molecular complexity index is 422. The van der Waals surface area contributed by atoms with Gasteiger partial charge in [0.15, 0.2) is 6.29 Å². The molecular formula is C12H17N3O2. The second kappa shape index (κ2) is 4.58. The predicted octanol–water partition coefficient (Wildman–Crippen LogP) is 0.693. The molecule has 5 nitrogen and oxygen atoms in total. The number of rotatable bonds is 2. The quantitative estimate of drug-likeness (QED) is 0.766. The molecule has 0 bridgehead atoms. The van der Waals surface area contributed by atoms with E-state index in [4.69, 9.17) is 4.74 Å². The van der Waals surface area contributed by atoms with E-state index in [0.717, 1.165) is 57.4 Å². The van der Waals surface area contributed by atoms with Crippen LogP contribution >= 0.6 is 0 Å². The van der Waals surface area contributed by atoms with Crippen molar-refractivity contribution in [3.8, 4) is 0 Å². The molecule has 1 aromatic rings. The molecule has 0 radical (unpaired) electrons. The Morgan fingerprint density at radius 3 is 3.00 bits per heavy atom. The molecule has 0 aliphatic carbocycles. The minimum absolute atomic E-state index is 0.395. The molecule has 0 aromatic carbocycles. The fourth-order valence-corrected chi connectivity index (χ4v) is 2.73. The van der Waals surface area contributed by atoms with Crippen LogP contribution in [0.2, 0.25) is 0 Å². The molecule has 0 amide bonds. The number of fused-ring (bicyclic) bond motifs is 1. The summed E-state index contributed by atoms with van der Waals surface area (Å²) < 4.78 is 7.44. The molecule has 92 valence electrons. The lowest BCUT2D eigenvalue weighted by Crippen LogP contribution is -2.28. The highest BCUT2D eigenvalue weighted by Crippen LogP contribution is 2.26. The van der Waals surface area contributed by atoms with Crippen molar-refractivity contribution in [2.45, 2.75) is 31.8 Å². The summed E-state index contributed by atoms with van der Waals surface area (Å²) in [6.07, 6.45) is 3.78. The van der Waals surface area contributed by atoms with Gasteiger partial charge in [0.25, 0.3) is 0 Å². The Morgan fingerprint density at radius 1 is 1.41 bits per heavy atom. The summed E-state index contributed by atoms with van der Waals surface area (Å²) in [5.74, 6) is 0. The normalized spacial score (nSPS) is 21.2. The summed E-state index contributed by atoms with van der Waals surface area (Å²) >= 11 is 0. The summed E-state index contributed by atoms with van der Waals surface area (Å²) in [4.78, 5) is 11.1. The Kier molecular flexibility index (Phi) is 2.94. The Morgan fingerprint density at radius 2 is 2.24 bits per heavy atom. The van der Waals surface area contributed by atoms with Gasteiger partial charge in [0, 0.05) is 25.3 Å². The maximum Gasteiger partial charge on any atom is 0.170 e. The zero-order valence-electron chi connectivity index (χ0n) is 9.82. The van der Waals surface area contributed by atoms with Gasteiger partial charge in [0.2, 0.25) is 0 Å². The fraction of sp³-hybridized carbons (Fsp3) is 0.667. The van der Waals surface area contributed by atoms with Gasteiger partial charge in [-0.1, -0.05) is 0 Å². The predicted molar refractivity (Wildman–Crippen MR) is 62.1 cm³/mol. The molecule has 0 atom stereocenters. The standard InChI is InChI=1S/C12H17N3O2/c16-8-11-10-1-4-13-7-12(10)15(14-11)9-2-5-17-6-3-9/h8-9,13H,1-7H2. The van der Waals surface area contributed by atoms with E-state index in [1.807, 2.05) is 0 Å². The molecule has 0 spiro atoms. The van der Waals surface area contributed by atoms with Gasteiger partial charge < -0.3 is 10.1 Å². The van der Waals surface area contributed by atoms with Crippen LogP contribution in [0.15, 0.2) is 0 Å². The summed E-state index contributed by atoms with van der Waals surface area (Å²) in [7, 11) is 0. The first kappa shape index (κ1) is 10.9. The van der Waals surface area contributed by atoms with Crippen molar-refractivity contribution in [1.29, 1.82) is 0 Å². The van der Waals surface area contributed by atoms with Crippen molar-refractivity contribution in [2.24, 2.45) is 0 Å². The van der Waals surface area contributed by atoms with Crippen LogP contribution in [0.3, 0.4) is 0 Å². The molecule has 3 heterocycles. The van der Waals surface area contributed by atoms with Crippen LogP contribution in [0.4, 0.5) is 0 Å². The number of carbonyl (C=O) groups is 1. The van der Waals surface area contributed by atoms with Gasteiger partial charge in [-0.05, 0) is 25.8 Å². The molecule has 17 heavy (non-hydrogen) atoms. The number of aldehydes is 1. The second-order valence-electron chi connectivity index (χ2n) is 4.64. The molecule has 2 aliphatic heterocycles. The van der Waals surface area contributed by atoms with Crippen molar-refractivity contribution in [3.05, 3.63) is 17.0 Å². The number of ether oxygens (including phenoxy) is 1. The number of aromatic nitrogens is 2. The van der Waals surface area contributed by atoms with Gasteiger partial charge in [-0.15, -0.1) is 0 Å². The van der Waals surface area contributed by atoms with Crippen LogP contribution < -0.4 is 5.32 Å². The van der Waals surface area contributed by atoms with Gasteiger partial charge in [0.05, 0.1) is 11.7 Å². The minimum atomic E-state index is 0.395. The van der Waals surface area contributed by atoms with Crippen LogP contribution in [0.25, 0.3) is 0 Å². The van der Waals surface area contributed by atoms with Crippen LogP contribution in [0.5, 0.6) is 0 Å². The van der Waals surface area contributed by atoms with Crippen LogP contribution in [0, 0.1) is 0 Å². The largest absolute Gasteiger partial charge is 0.381 e. The van der Waals surface area contributed by atoms with E-state index in [1.165, 1.54) is 5.69 Å². The Labute approximate surface area is 100 Å². The van der Waals surface area contributed by atoms with Crippen molar-refractivity contribution >= 4 is 6.29 Å². The monoisotopic (exact) mass is 235 g/mol. The molecule has 1 N–H and O–H groups in total. The van der Waals surface area contributed by atoms with Gasteiger partial charge in [-0.25, -0.2) is 0 Å². The summed E-state index contributed by atoms with van der Waals surface area (Å²) in [6, 6.07) is 0.395. The second-order valence-corrected chi connectivity index (χ2v) is 4.64. The zero-order valence-corrected chi connectivity index (χ0v) is 9.82. The van der Waals surface area contributed by atoms with Crippen LogP contribution in [-0.2, 0) is 17.7 Å². The summed E-state index contributed by atoms with van der Waals surface area (Å²) in [6.45, 7) is 3.35. The lowest BCUT2D eigenvalue weighted by molar-refractivity contribution is 0.0651. The van der Waals surface area contributed by atoms with E-state index in [-0.39, 0.29) is 0 Å². The van der Waals surface area contributed by atoms with Gasteiger partial charge >= 0.3 is 0 Å². The van der Waals surface area contributed by atoms with Gasteiger partial charge in [-0.2, -0.15) is 5.10 Å². The minimum Gasteiger partial charge on any atom is -0.381 e. The third-order valence-corrected chi connectivity index (χ3v) is 3.64. The number of nitrogens with one attached hydrogen (secondary N) is 1. The third-order valence-electron chi connectivity index (χ3n) is 3.64. The SMILES string of the molecule is O=Cc1nn(C2CCOCC2)c2c1CCNC2. The third kappa shape index (κ3) is 1.89. The Balaban J connectivity index is 1.97. The molecular weight excluding hydrogens is 218 g/mol. The van der Waals surface area contributed by atoms with Crippen molar-refractivity contribution in [1.82, 2.24) is 15.1 Å². The van der Waals surface area contributed by atoms with Crippen molar-refractivity contribution in [3.63, 3.8) is 0 Å². The molecule has 1 fully saturated rings. The smallest absolute Gasteiger partial charge is 0.170 e. The topological polar surface area (TPSA) is 56.2 Å². The van der Waals surface area contributed by atoms with Crippen LogP contribution in [-0.4, -0.2) is 35.8 Å². The molecule has 3 rings (SSSR count). The van der Waals surface area contributed by atoms with Gasteiger partial charge in [0.1, 0.15) is 5.69 Å². The van der Waals surface area contributed by atoms with E-state index in [9.17, 15) is 4.79 Å². The van der Waals surface area contributed by atoms with Crippen molar-refractivity contribution in [2.75, 3.05) is 19.8 Å². The maximum absolute atomic E-state index is 11.1. The number of carbonyl (C=O) groups excluding carboxylic acids is 1. The highest BCUT2D eigenvalue weighted by Gasteiger charge is 2.25. The maximum atomic E-state index is 11.1. The fourth-order valence-electron chi connectivity index (χ4n) is 2.73. The number of hydrogen-bond donors (Lipinski definition) is 1. The van der Waals surface area contributed by atoms with Crippen LogP contribution in [0.1, 0.15) is 40.6 Å². The number of hydrogen-bond acceptors (Lipinski definition) is 4. The van der Waals surface area contributed by atoms with E-state index >= 15 is 0 Å². The number of nitrogens with zero attached hydrogens (tertiary/aromatic N) is 2. The van der Waals surface area contributed by atoms with Gasteiger partial charge in [-0.3, -0.25) is 9.48 Å². The highest BCUT2D eigenvalue weighted by molar-refractivity contribution is 5.75. The zero-order chi connectivity index (χ0) is 11.7. The van der Waals surface area contributed by atoms with E-state index in [1.54, 1.807) is 0 Å². The lowest BCUT2D eigenvalue weighted by atomic mass is 10.0. The molecule has 2 aliphatic rings. The summed E-state index contributed by atoms with van der Waals surface area (Å²) in [5, 5.41) is 7.84. The van der Waals surface area contributed by atoms with Crippen molar-refractivity contribution < 1.29 is 9.53 Å². The average Bonchev–Trinajstić information content (AvgIpc) is 2.78. The average molecular weight is 235 g/mol. The first-order chi connectivity index (χ1) is 8.40. The van der Waals surface area contributed by atoms with E-state index in [0.29, 0.717) is 11.7 Å². The molecule has 1 aromatic heterocycles. The molecule has 5 heteroatoms. The highest BCUT2D eigenvalue weighted by atomic mass is 16.5. The summed E-state index contributed by atoms with van der Waals surface area (Å²) in [5.41, 5.74) is 2.98. The van der Waals surface area contributed by atoms with E-state index in [2.05, 4.69) is 15.1 Å². The lowest BCUT2D eigenvalue weighted by Gasteiger charge is -2.25.